The summed E-state index contributed by atoms with van der Waals surface area (Å²) in [6.45, 7) is 2.83. The predicted octanol–water partition coefficient (Wildman–Crippen LogP) is 5.39. The van der Waals surface area contributed by atoms with Crippen LogP contribution in [0.25, 0.3) is 21.3 Å². The van der Waals surface area contributed by atoms with Crippen molar-refractivity contribution in [3.8, 4) is 22.6 Å². The van der Waals surface area contributed by atoms with Crippen LogP contribution in [-0.4, -0.2) is 34.3 Å². The molecule has 1 atom stereocenters. The number of thiophene rings is 1. The van der Waals surface area contributed by atoms with Crippen LogP contribution in [0.15, 0.2) is 59.2 Å². The van der Waals surface area contributed by atoms with Crippen LogP contribution in [0.1, 0.15) is 6.92 Å². The number of hydrogen-bond donors (Lipinski definition) is 1. The molecule has 3 heterocycles. The molecule has 162 valence electrons. The second-order valence-corrected chi connectivity index (χ2v) is 9.31. The highest BCUT2D eigenvalue weighted by molar-refractivity contribution is 8.00. The highest BCUT2D eigenvalue weighted by Crippen LogP contribution is 2.39. The van der Waals surface area contributed by atoms with Gasteiger partial charge in [0.05, 0.1) is 10.6 Å². The van der Waals surface area contributed by atoms with Gasteiger partial charge in [0.15, 0.2) is 11.5 Å². The number of fused-ring (bicyclic) bond motifs is 2. The zero-order chi connectivity index (χ0) is 22.1. The highest BCUT2D eigenvalue weighted by Gasteiger charge is 2.21. The maximum Gasteiger partial charge on any atom is 0.237 e. The first kappa shape index (κ1) is 20.7. The van der Waals surface area contributed by atoms with Gasteiger partial charge in [-0.15, -0.1) is 11.3 Å². The number of nitrogens with one attached hydrogen (secondary N) is 1. The van der Waals surface area contributed by atoms with Gasteiger partial charge in [-0.25, -0.2) is 14.4 Å². The second kappa shape index (κ2) is 8.76. The van der Waals surface area contributed by atoms with Crippen LogP contribution in [0, 0.1) is 5.82 Å². The summed E-state index contributed by atoms with van der Waals surface area (Å²) in [5.41, 5.74) is 2.44. The molecule has 0 aliphatic carbocycles. The average molecular weight is 468 g/mol. The topological polar surface area (TPSA) is 73.3 Å². The fourth-order valence-electron chi connectivity index (χ4n) is 3.36. The minimum absolute atomic E-state index is 0.156. The fourth-order valence-corrected chi connectivity index (χ4v) is 5.28. The van der Waals surface area contributed by atoms with Crippen LogP contribution in [-0.2, 0) is 4.79 Å². The maximum atomic E-state index is 13.4. The van der Waals surface area contributed by atoms with E-state index < -0.39 is 5.25 Å². The molecule has 1 unspecified atom stereocenters. The minimum Gasteiger partial charge on any atom is -0.486 e. The minimum atomic E-state index is -0.415. The van der Waals surface area contributed by atoms with Gasteiger partial charge in [-0.05, 0) is 36.8 Å². The second-order valence-electron chi connectivity index (χ2n) is 7.12. The number of amides is 1. The Bertz CT molecular complexity index is 1290. The molecule has 1 N–H and O–H groups in total. The molecule has 6 nitrogen and oxygen atoms in total. The Kier molecular flexibility index (Phi) is 5.67. The van der Waals surface area contributed by atoms with Crippen LogP contribution < -0.4 is 14.8 Å². The number of halogens is 1. The van der Waals surface area contributed by atoms with Crippen LogP contribution in [0.4, 0.5) is 10.1 Å². The van der Waals surface area contributed by atoms with E-state index in [1.807, 2.05) is 12.3 Å². The van der Waals surface area contributed by atoms with Gasteiger partial charge in [0.2, 0.25) is 5.91 Å². The van der Waals surface area contributed by atoms with E-state index in [9.17, 15) is 9.18 Å². The molecule has 1 amide bonds. The van der Waals surface area contributed by atoms with E-state index in [4.69, 9.17) is 9.47 Å². The van der Waals surface area contributed by atoms with E-state index >= 15 is 0 Å². The third-order valence-electron chi connectivity index (χ3n) is 4.96. The van der Waals surface area contributed by atoms with Crippen molar-refractivity contribution >= 4 is 44.9 Å². The van der Waals surface area contributed by atoms with Crippen molar-refractivity contribution < 1.29 is 18.7 Å². The first-order chi connectivity index (χ1) is 15.6. The molecular weight excluding hydrogens is 449 g/mol. The van der Waals surface area contributed by atoms with Crippen molar-refractivity contribution in [3.63, 3.8) is 0 Å². The van der Waals surface area contributed by atoms with Crippen molar-refractivity contribution in [1.82, 2.24) is 9.97 Å². The Labute approximate surface area is 191 Å². The number of carbonyl (C=O) groups excluding carboxylic acids is 1. The molecule has 5 rings (SSSR count). The molecule has 0 saturated carbocycles. The van der Waals surface area contributed by atoms with Gasteiger partial charge in [-0.3, -0.25) is 4.79 Å². The van der Waals surface area contributed by atoms with Gasteiger partial charge >= 0.3 is 0 Å². The quantitative estimate of drug-likeness (QED) is 0.313. The van der Waals surface area contributed by atoms with Crippen LogP contribution >= 0.6 is 23.1 Å². The molecule has 0 radical (unpaired) electrons. The number of thioether (sulfide) groups is 1. The van der Waals surface area contributed by atoms with Crippen molar-refractivity contribution in [1.29, 1.82) is 0 Å². The van der Waals surface area contributed by atoms with Gasteiger partial charge in [-0.1, -0.05) is 23.9 Å². The maximum absolute atomic E-state index is 13.4. The monoisotopic (exact) mass is 467 g/mol. The smallest absolute Gasteiger partial charge is 0.237 e. The summed E-state index contributed by atoms with van der Waals surface area (Å²) in [5, 5.41) is 6.07. The van der Waals surface area contributed by atoms with Gasteiger partial charge < -0.3 is 14.8 Å². The van der Waals surface area contributed by atoms with Crippen molar-refractivity contribution in [2.24, 2.45) is 0 Å². The Morgan fingerprint density at radius 3 is 2.72 bits per heavy atom. The van der Waals surface area contributed by atoms with E-state index in [0.29, 0.717) is 35.4 Å². The SMILES string of the molecule is CC(Sc1ncnc2scc(-c3ccc(F)cc3)c12)C(=O)Nc1ccc2c(c1)OCCO2. The zero-order valence-electron chi connectivity index (χ0n) is 17.0. The molecule has 1 aliphatic rings. The molecule has 9 heteroatoms. The first-order valence-corrected chi connectivity index (χ1v) is 11.7. The molecule has 0 saturated heterocycles. The Hall–Kier alpha value is -3.17. The standard InChI is InChI=1S/C23H18FN3O3S2/c1-13(21(28)27-16-6-7-18-19(10-16)30-9-8-29-18)32-23-20-17(11-31-22(20)25-12-26-23)14-2-4-15(24)5-3-14/h2-7,10-13H,8-9H2,1H3,(H,27,28). The number of nitrogens with zero attached hydrogens (tertiary/aromatic N) is 2. The number of carbonyl (C=O) groups is 1. The third kappa shape index (κ3) is 4.13. The summed E-state index contributed by atoms with van der Waals surface area (Å²) >= 11 is 2.85. The molecule has 2 aromatic carbocycles. The predicted molar refractivity (Wildman–Crippen MR) is 124 cm³/mol. The zero-order valence-corrected chi connectivity index (χ0v) is 18.6. The summed E-state index contributed by atoms with van der Waals surface area (Å²) < 4.78 is 24.5. The summed E-state index contributed by atoms with van der Waals surface area (Å²) in [4.78, 5) is 22.5. The molecule has 1 aliphatic heterocycles. The van der Waals surface area contributed by atoms with Gasteiger partial charge in [-0.2, -0.15) is 0 Å². The van der Waals surface area contributed by atoms with E-state index in [1.54, 1.807) is 30.3 Å². The normalized spacial score (nSPS) is 13.7. The largest absolute Gasteiger partial charge is 0.486 e. The number of benzene rings is 2. The number of anilines is 1. The summed E-state index contributed by atoms with van der Waals surface area (Å²) in [7, 11) is 0. The molecule has 0 fully saturated rings. The summed E-state index contributed by atoms with van der Waals surface area (Å²) in [6.07, 6.45) is 1.50. The first-order valence-electron chi connectivity index (χ1n) is 9.94. The fraction of sp³-hybridized carbons (Fsp3) is 0.174. The molecular formula is C23H18FN3O3S2. The number of hydrogen-bond acceptors (Lipinski definition) is 7. The van der Waals surface area contributed by atoms with Crippen LogP contribution in [0.2, 0.25) is 0 Å². The van der Waals surface area contributed by atoms with Crippen molar-refractivity contribution in [2.45, 2.75) is 17.2 Å². The van der Waals surface area contributed by atoms with Crippen LogP contribution in [0.5, 0.6) is 11.5 Å². The molecule has 32 heavy (non-hydrogen) atoms. The third-order valence-corrected chi connectivity index (χ3v) is 6.94. The Morgan fingerprint density at radius 2 is 1.91 bits per heavy atom. The lowest BCUT2D eigenvalue weighted by atomic mass is 10.1. The van der Waals surface area contributed by atoms with E-state index in [0.717, 1.165) is 21.3 Å². The molecule has 0 spiro atoms. The Balaban J connectivity index is 1.37. The summed E-state index contributed by atoms with van der Waals surface area (Å²) in [6, 6.07) is 11.7. The van der Waals surface area contributed by atoms with E-state index in [-0.39, 0.29) is 11.7 Å². The summed E-state index contributed by atoms with van der Waals surface area (Å²) in [5.74, 6) is 0.848. The number of aromatic nitrogens is 2. The molecule has 2 aromatic heterocycles. The lowest BCUT2D eigenvalue weighted by molar-refractivity contribution is -0.115. The average Bonchev–Trinajstić information content (AvgIpc) is 3.25. The Morgan fingerprint density at radius 1 is 1.12 bits per heavy atom. The van der Waals surface area contributed by atoms with E-state index in [1.165, 1.54) is 41.6 Å². The highest BCUT2D eigenvalue weighted by atomic mass is 32.2. The lowest BCUT2D eigenvalue weighted by Gasteiger charge is -2.19. The lowest BCUT2D eigenvalue weighted by Crippen LogP contribution is -2.23. The number of ether oxygens (including phenoxy) is 2. The van der Waals surface area contributed by atoms with Crippen molar-refractivity contribution in [3.05, 3.63) is 60.0 Å². The van der Waals surface area contributed by atoms with Gasteiger partial charge in [0.25, 0.3) is 0 Å². The van der Waals surface area contributed by atoms with Gasteiger partial charge in [0, 0.05) is 22.7 Å². The van der Waals surface area contributed by atoms with Crippen molar-refractivity contribution in [2.75, 3.05) is 18.5 Å². The van der Waals surface area contributed by atoms with Gasteiger partial charge in [0.1, 0.15) is 35.2 Å². The molecule has 0 bridgehead atoms. The van der Waals surface area contributed by atoms with E-state index in [2.05, 4.69) is 15.3 Å². The molecule has 4 aromatic rings. The number of rotatable bonds is 5. The van der Waals surface area contributed by atoms with Crippen LogP contribution in [0.3, 0.4) is 0 Å².